The molecule has 5 nitrogen and oxygen atoms in total. The van der Waals surface area contributed by atoms with E-state index in [-0.39, 0.29) is 18.6 Å². The summed E-state index contributed by atoms with van der Waals surface area (Å²) in [4.78, 5) is 0. The number of hydrogen-bond acceptors (Lipinski definition) is 5. The second-order valence-electron chi connectivity index (χ2n) is 5.95. The van der Waals surface area contributed by atoms with Gasteiger partial charge in [0.2, 0.25) is 0 Å². The fourth-order valence-electron chi connectivity index (χ4n) is 1.48. The summed E-state index contributed by atoms with van der Waals surface area (Å²) in [6.45, 7) is 13.8. The number of nitrogens with zero attached hydrogens (tertiary/aromatic N) is 1. The van der Waals surface area contributed by atoms with Crippen molar-refractivity contribution in [2.75, 3.05) is 19.8 Å². The van der Waals surface area contributed by atoms with Crippen molar-refractivity contribution in [2.24, 2.45) is 5.41 Å². The molecule has 0 saturated heterocycles. The van der Waals surface area contributed by atoms with Crippen LogP contribution in [0.4, 0.5) is 0 Å². The van der Waals surface area contributed by atoms with Crippen molar-refractivity contribution in [2.45, 2.75) is 53.7 Å². The number of hydroxylamine groups is 2. The maximum atomic E-state index is 12.7. The van der Waals surface area contributed by atoms with Crippen LogP contribution in [-0.4, -0.2) is 35.3 Å². The summed E-state index contributed by atoms with van der Waals surface area (Å²) in [7, 11) is -3.39. The summed E-state index contributed by atoms with van der Waals surface area (Å²) in [6, 6.07) is 0. The quantitative estimate of drug-likeness (QED) is 0.569. The van der Waals surface area contributed by atoms with E-state index in [2.05, 4.69) is 0 Å². The molecular formula is C12H28NO4P. The van der Waals surface area contributed by atoms with Crippen LogP contribution in [-0.2, 0) is 13.6 Å². The summed E-state index contributed by atoms with van der Waals surface area (Å²) in [5.74, 6) is 0. The topological polar surface area (TPSA) is 59.0 Å². The summed E-state index contributed by atoms with van der Waals surface area (Å²) >= 11 is 0. The molecule has 0 amide bonds. The molecule has 0 aliphatic heterocycles. The van der Waals surface area contributed by atoms with Gasteiger partial charge in [-0.25, -0.2) is 0 Å². The van der Waals surface area contributed by atoms with E-state index in [9.17, 15) is 9.77 Å². The third kappa shape index (κ3) is 4.63. The Morgan fingerprint density at radius 1 is 1.06 bits per heavy atom. The molecule has 0 atom stereocenters. The Balaban J connectivity index is 5.11. The third-order valence-corrected chi connectivity index (χ3v) is 5.29. The van der Waals surface area contributed by atoms with E-state index in [0.29, 0.717) is 6.54 Å². The van der Waals surface area contributed by atoms with Crippen molar-refractivity contribution >= 4 is 7.60 Å². The van der Waals surface area contributed by atoms with Gasteiger partial charge in [-0.05, 0) is 33.1 Å². The molecule has 0 aliphatic rings. The van der Waals surface area contributed by atoms with Crippen molar-refractivity contribution in [1.29, 1.82) is 0 Å². The Bertz CT molecular complexity index is 289. The van der Waals surface area contributed by atoms with Gasteiger partial charge in [0.15, 0.2) is 0 Å². The summed E-state index contributed by atoms with van der Waals surface area (Å²) < 4.78 is 23.3. The van der Waals surface area contributed by atoms with Crippen molar-refractivity contribution < 1.29 is 18.8 Å². The largest absolute Gasteiger partial charge is 0.352 e. The van der Waals surface area contributed by atoms with E-state index in [1.165, 1.54) is 0 Å². The lowest BCUT2D eigenvalue weighted by atomic mass is 9.96. The van der Waals surface area contributed by atoms with Crippen LogP contribution in [0.2, 0.25) is 0 Å². The Labute approximate surface area is 111 Å². The first-order chi connectivity index (χ1) is 8.00. The van der Waals surface area contributed by atoms with E-state index in [1.54, 1.807) is 27.7 Å². The molecule has 0 heterocycles. The molecular weight excluding hydrogens is 253 g/mol. The van der Waals surface area contributed by atoms with Gasteiger partial charge in [0.1, 0.15) is 5.28 Å². The van der Waals surface area contributed by atoms with Crippen molar-refractivity contribution in [3.05, 3.63) is 0 Å². The lowest BCUT2D eigenvalue weighted by molar-refractivity contribution is -0.156. The van der Waals surface area contributed by atoms with Crippen LogP contribution in [0, 0.1) is 5.41 Å². The summed E-state index contributed by atoms with van der Waals surface area (Å²) in [5, 5.41) is 10.2. The zero-order valence-corrected chi connectivity index (χ0v) is 13.6. The second-order valence-corrected chi connectivity index (χ2v) is 8.55. The summed E-state index contributed by atoms with van der Waals surface area (Å²) in [6.07, 6.45) is 0. The molecule has 0 unspecified atom stereocenters. The van der Waals surface area contributed by atoms with Crippen molar-refractivity contribution in [3.8, 4) is 0 Å². The molecule has 0 spiro atoms. The number of hydrogen-bond donors (Lipinski definition) is 1. The molecule has 0 saturated carbocycles. The lowest BCUT2D eigenvalue weighted by Gasteiger charge is -2.40. The van der Waals surface area contributed by atoms with E-state index in [4.69, 9.17) is 9.05 Å². The van der Waals surface area contributed by atoms with Gasteiger partial charge in [-0.2, -0.15) is 5.06 Å². The van der Waals surface area contributed by atoms with Crippen LogP contribution >= 0.6 is 7.60 Å². The highest BCUT2D eigenvalue weighted by Crippen LogP contribution is 2.60. The average Bonchev–Trinajstić information content (AvgIpc) is 2.15. The van der Waals surface area contributed by atoms with Gasteiger partial charge in [0, 0.05) is 6.54 Å². The molecule has 0 rings (SSSR count). The first kappa shape index (κ1) is 18.1. The Kier molecular flexibility index (Phi) is 6.51. The second kappa shape index (κ2) is 6.49. The minimum absolute atomic E-state index is 0.116. The smallest absolute Gasteiger partial charge is 0.313 e. The maximum Gasteiger partial charge on any atom is 0.352 e. The Morgan fingerprint density at radius 2 is 1.44 bits per heavy atom. The number of rotatable bonds is 7. The van der Waals surface area contributed by atoms with Gasteiger partial charge < -0.3 is 14.3 Å². The Morgan fingerprint density at radius 3 is 1.72 bits per heavy atom. The van der Waals surface area contributed by atoms with Gasteiger partial charge in [-0.1, -0.05) is 20.8 Å². The minimum atomic E-state index is -3.39. The molecule has 0 fully saturated rings. The van der Waals surface area contributed by atoms with Crippen LogP contribution in [0.5, 0.6) is 0 Å². The molecule has 0 aliphatic carbocycles. The predicted molar refractivity (Wildman–Crippen MR) is 72.9 cm³/mol. The zero-order chi connectivity index (χ0) is 14.6. The Hall–Kier alpha value is 0.0700. The van der Waals surface area contributed by atoms with E-state index in [1.807, 2.05) is 20.8 Å². The van der Waals surface area contributed by atoms with E-state index in [0.717, 1.165) is 5.06 Å². The lowest BCUT2D eigenvalue weighted by Crippen LogP contribution is -2.46. The van der Waals surface area contributed by atoms with Gasteiger partial charge in [-0.3, -0.25) is 4.57 Å². The van der Waals surface area contributed by atoms with Gasteiger partial charge >= 0.3 is 7.60 Å². The van der Waals surface area contributed by atoms with Gasteiger partial charge in [0.25, 0.3) is 0 Å². The maximum absolute atomic E-state index is 12.7. The molecule has 0 aromatic carbocycles. The molecule has 0 bridgehead atoms. The highest BCUT2D eigenvalue weighted by atomic mass is 31.2. The molecule has 110 valence electrons. The standard InChI is InChI=1S/C12H28NO4P/c1-8-16-18(15,17-9-2)12(6,7)13(14)10-11(3,4)5/h14H,8-10H2,1-7H3. The fourth-order valence-corrected chi connectivity index (χ4v) is 3.22. The normalized spacial score (nSPS) is 14.3. The molecule has 18 heavy (non-hydrogen) atoms. The monoisotopic (exact) mass is 281 g/mol. The van der Waals surface area contributed by atoms with Crippen LogP contribution < -0.4 is 0 Å². The van der Waals surface area contributed by atoms with Crippen molar-refractivity contribution in [3.63, 3.8) is 0 Å². The minimum Gasteiger partial charge on any atom is -0.313 e. The van der Waals surface area contributed by atoms with Crippen LogP contribution in [0.15, 0.2) is 0 Å². The molecule has 6 heteroatoms. The summed E-state index contributed by atoms with van der Waals surface area (Å²) in [5.41, 5.74) is -0.116. The third-order valence-electron chi connectivity index (χ3n) is 2.52. The molecule has 0 aromatic rings. The van der Waals surface area contributed by atoms with Crippen molar-refractivity contribution in [1.82, 2.24) is 5.06 Å². The fraction of sp³-hybridized carbons (Fsp3) is 1.00. The van der Waals surface area contributed by atoms with E-state index >= 15 is 0 Å². The first-order valence-electron chi connectivity index (χ1n) is 6.36. The van der Waals surface area contributed by atoms with Crippen LogP contribution in [0.25, 0.3) is 0 Å². The zero-order valence-electron chi connectivity index (χ0n) is 12.7. The van der Waals surface area contributed by atoms with Gasteiger partial charge in [-0.15, -0.1) is 0 Å². The van der Waals surface area contributed by atoms with Crippen LogP contribution in [0.1, 0.15) is 48.5 Å². The molecule has 0 radical (unpaired) electrons. The average molecular weight is 281 g/mol. The first-order valence-corrected chi connectivity index (χ1v) is 7.90. The SMILES string of the molecule is CCOP(=O)(OCC)C(C)(C)N(O)CC(C)(C)C. The highest BCUT2D eigenvalue weighted by Gasteiger charge is 2.48. The molecule has 1 N–H and O–H groups in total. The predicted octanol–water partition coefficient (Wildman–Crippen LogP) is 3.73. The van der Waals surface area contributed by atoms with Gasteiger partial charge in [0.05, 0.1) is 13.2 Å². The van der Waals surface area contributed by atoms with Crippen LogP contribution in [0.3, 0.4) is 0 Å². The molecule has 0 aromatic heterocycles. The highest BCUT2D eigenvalue weighted by molar-refractivity contribution is 7.55. The van der Waals surface area contributed by atoms with E-state index < -0.39 is 12.9 Å².